The summed E-state index contributed by atoms with van der Waals surface area (Å²) in [5.74, 6) is -0.247. The van der Waals surface area contributed by atoms with Gasteiger partial charge in [-0.15, -0.1) is 0 Å². The van der Waals surface area contributed by atoms with E-state index in [4.69, 9.17) is 9.78 Å². The van der Waals surface area contributed by atoms with Gasteiger partial charge in [0.25, 0.3) is 0 Å². The molecule has 2 rings (SSSR count). The van der Waals surface area contributed by atoms with E-state index in [0.717, 1.165) is 6.42 Å². The first-order valence-electron chi connectivity index (χ1n) is 5.53. The van der Waals surface area contributed by atoms with Crippen LogP contribution in [0.15, 0.2) is 0 Å². The van der Waals surface area contributed by atoms with Crippen LogP contribution >= 0.6 is 0 Å². The highest BCUT2D eigenvalue weighted by molar-refractivity contribution is 5.16. The normalized spacial score (nSPS) is 28.7. The molecule has 2 fully saturated rings. The van der Waals surface area contributed by atoms with Crippen LogP contribution in [-0.2, 0) is 9.78 Å². The second kappa shape index (κ2) is 2.35. The van der Waals surface area contributed by atoms with Gasteiger partial charge in [-0.05, 0) is 17.3 Å². The van der Waals surface area contributed by atoms with E-state index in [1.54, 1.807) is 0 Å². The molecule has 0 unspecified atom stereocenters. The van der Waals surface area contributed by atoms with Crippen LogP contribution in [0.2, 0.25) is 0 Å². The van der Waals surface area contributed by atoms with E-state index >= 15 is 0 Å². The Morgan fingerprint density at radius 3 is 1.29 bits per heavy atom. The SMILES string of the molecule is CC(C)(C)C1(C(C)(C)C)CCC12OO2. The van der Waals surface area contributed by atoms with Gasteiger partial charge in [0.15, 0.2) is 0 Å². The standard InChI is InChI=1S/C12H22O2/c1-9(2,3)11(10(4,5)6)7-8-12(11)13-14-12/h7-8H2,1-6H3. The first kappa shape index (κ1) is 10.4. The highest BCUT2D eigenvalue weighted by Crippen LogP contribution is 2.74. The van der Waals surface area contributed by atoms with Gasteiger partial charge in [0.2, 0.25) is 5.79 Å². The highest BCUT2D eigenvalue weighted by Gasteiger charge is 2.78. The van der Waals surface area contributed by atoms with Crippen molar-refractivity contribution in [1.82, 2.24) is 0 Å². The highest BCUT2D eigenvalue weighted by atomic mass is 17.4. The molecule has 1 heterocycles. The Hall–Kier alpha value is -0.0800. The maximum atomic E-state index is 5.30. The predicted octanol–water partition coefficient (Wildman–Crippen LogP) is 3.52. The van der Waals surface area contributed by atoms with Crippen molar-refractivity contribution in [2.45, 2.75) is 60.2 Å². The van der Waals surface area contributed by atoms with Gasteiger partial charge in [-0.3, -0.25) is 0 Å². The summed E-state index contributed by atoms with van der Waals surface area (Å²) in [6, 6.07) is 0. The molecule has 0 aromatic heterocycles. The number of rotatable bonds is 0. The average Bonchev–Trinajstić information content (AvgIpc) is 2.54. The largest absolute Gasteiger partial charge is 0.240 e. The van der Waals surface area contributed by atoms with Gasteiger partial charge < -0.3 is 0 Å². The fourth-order valence-corrected chi connectivity index (χ4v) is 3.87. The molecule has 14 heavy (non-hydrogen) atoms. The summed E-state index contributed by atoms with van der Waals surface area (Å²) in [6.07, 6.45) is 2.27. The van der Waals surface area contributed by atoms with Crippen LogP contribution in [0, 0.1) is 16.2 Å². The maximum absolute atomic E-state index is 5.30. The Labute approximate surface area is 86.9 Å². The van der Waals surface area contributed by atoms with Crippen molar-refractivity contribution in [3.8, 4) is 0 Å². The van der Waals surface area contributed by atoms with Gasteiger partial charge >= 0.3 is 0 Å². The molecule has 2 heteroatoms. The van der Waals surface area contributed by atoms with E-state index in [0.29, 0.717) is 0 Å². The zero-order chi connectivity index (χ0) is 10.8. The molecule has 0 N–H and O–H groups in total. The lowest BCUT2D eigenvalue weighted by molar-refractivity contribution is -0.179. The summed E-state index contributed by atoms with van der Waals surface area (Å²) < 4.78 is 0. The molecule has 0 aromatic rings. The van der Waals surface area contributed by atoms with Crippen LogP contribution in [0.3, 0.4) is 0 Å². The summed E-state index contributed by atoms with van der Waals surface area (Å²) in [5, 5.41) is 0. The Bertz CT molecular complexity index is 231. The van der Waals surface area contributed by atoms with Crippen molar-refractivity contribution >= 4 is 0 Å². The van der Waals surface area contributed by atoms with E-state index in [1.807, 2.05) is 0 Å². The van der Waals surface area contributed by atoms with Crippen LogP contribution in [0.5, 0.6) is 0 Å². The van der Waals surface area contributed by atoms with Crippen molar-refractivity contribution in [2.24, 2.45) is 16.2 Å². The molecular formula is C12H22O2. The van der Waals surface area contributed by atoms with Crippen LogP contribution in [0.25, 0.3) is 0 Å². The van der Waals surface area contributed by atoms with E-state index in [9.17, 15) is 0 Å². The molecule has 1 saturated carbocycles. The summed E-state index contributed by atoms with van der Waals surface area (Å²) in [4.78, 5) is 10.6. The monoisotopic (exact) mass is 198 g/mol. The average molecular weight is 198 g/mol. The van der Waals surface area contributed by atoms with Crippen LogP contribution < -0.4 is 0 Å². The minimum Gasteiger partial charge on any atom is -0.194 e. The van der Waals surface area contributed by atoms with Gasteiger partial charge in [-0.1, -0.05) is 41.5 Å². The molecule has 0 amide bonds. The van der Waals surface area contributed by atoms with Crippen LogP contribution in [0.1, 0.15) is 54.4 Å². The molecule has 0 aromatic carbocycles. The van der Waals surface area contributed by atoms with Crippen molar-refractivity contribution in [3.05, 3.63) is 0 Å². The third kappa shape index (κ3) is 0.938. The first-order valence-corrected chi connectivity index (χ1v) is 5.53. The number of hydrogen-bond donors (Lipinski definition) is 0. The molecule has 1 aliphatic heterocycles. The lowest BCUT2D eigenvalue weighted by Crippen LogP contribution is -2.62. The number of hydrogen-bond acceptors (Lipinski definition) is 2. The second-order valence-corrected chi connectivity index (χ2v) is 6.82. The Balaban J connectivity index is 2.42. The maximum Gasteiger partial charge on any atom is 0.240 e. The van der Waals surface area contributed by atoms with E-state index in [2.05, 4.69) is 41.5 Å². The summed E-state index contributed by atoms with van der Waals surface area (Å²) in [5.41, 5.74) is 0.604. The van der Waals surface area contributed by atoms with Gasteiger partial charge in [0.1, 0.15) is 0 Å². The van der Waals surface area contributed by atoms with Crippen LogP contribution in [0.4, 0.5) is 0 Å². The molecule has 82 valence electrons. The molecule has 2 aliphatic rings. The Morgan fingerprint density at radius 2 is 1.21 bits per heavy atom. The quantitative estimate of drug-likeness (QED) is 0.439. The van der Waals surface area contributed by atoms with Crippen LogP contribution in [-0.4, -0.2) is 5.79 Å². The van der Waals surface area contributed by atoms with Gasteiger partial charge in [-0.2, -0.15) is 9.78 Å². The summed E-state index contributed by atoms with van der Waals surface area (Å²) in [6.45, 7) is 13.8. The zero-order valence-electron chi connectivity index (χ0n) is 10.2. The first-order chi connectivity index (χ1) is 6.16. The fraction of sp³-hybridized carbons (Fsp3) is 1.00. The van der Waals surface area contributed by atoms with E-state index < -0.39 is 0 Å². The molecule has 0 radical (unpaired) electrons. The van der Waals surface area contributed by atoms with Crippen molar-refractivity contribution in [3.63, 3.8) is 0 Å². The fourth-order valence-electron chi connectivity index (χ4n) is 3.87. The van der Waals surface area contributed by atoms with E-state index in [-0.39, 0.29) is 22.0 Å². The molecule has 0 bridgehead atoms. The summed E-state index contributed by atoms with van der Waals surface area (Å²) in [7, 11) is 0. The second-order valence-electron chi connectivity index (χ2n) is 6.82. The topological polar surface area (TPSA) is 25.1 Å². The Morgan fingerprint density at radius 1 is 0.786 bits per heavy atom. The van der Waals surface area contributed by atoms with Crippen molar-refractivity contribution in [2.75, 3.05) is 0 Å². The lowest BCUT2D eigenvalue weighted by atomic mass is 9.42. The molecular weight excluding hydrogens is 176 g/mol. The smallest absolute Gasteiger partial charge is 0.194 e. The zero-order valence-corrected chi connectivity index (χ0v) is 10.2. The summed E-state index contributed by atoms with van der Waals surface area (Å²) >= 11 is 0. The minimum absolute atomic E-state index is 0.160. The third-order valence-corrected chi connectivity index (χ3v) is 4.32. The van der Waals surface area contributed by atoms with Gasteiger partial charge in [-0.25, -0.2) is 0 Å². The minimum atomic E-state index is -0.247. The van der Waals surface area contributed by atoms with Crippen molar-refractivity contribution < 1.29 is 9.78 Å². The lowest BCUT2D eigenvalue weighted by Gasteiger charge is -2.60. The van der Waals surface area contributed by atoms with Gasteiger partial charge in [0.05, 0.1) is 0 Å². The third-order valence-electron chi connectivity index (χ3n) is 4.32. The molecule has 0 atom stereocenters. The van der Waals surface area contributed by atoms with Crippen molar-refractivity contribution in [1.29, 1.82) is 0 Å². The molecule has 1 aliphatic carbocycles. The Kier molecular flexibility index (Phi) is 1.76. The predicted molar refractivity (Wildman–Crippen MR) is 55.5 cm³/mol. The molecule has 2 nitrogen and oxygen atoms in total. The molecule has 1 spiro atoms. The van der Waals surface area contributed by atoms with Gasteiger partial charge in [0, 0.05) is 11.8 Å². The molecule has 1 saturated heterocycles. The van der Waals surface area contributed by atoms with E-state index in [1.165, 1.54) is 6.42 Å².